The molecule has 0 saturated carbocycles. The van der Waals surface area contributed by atoms with E-state index in [0.29, 0.717) is 23.8 Å². The summed E-state index contributed by atoms with van der Waals surface area (Å²) in [5.41, 5.74) is 4.75. The first-order chi connectivity index (χ1) is 14.0. The van der Waals surface area contributed by atoms with Gasteiger partial charge in [-0.15, -0.1) is 0 Å². The smallest absolute Gasteiger partial charge is 0.241 e. The van der Waals surface area contributed by atoms with E-state index in [-0.39, 0.29) is 0 Å². The molecular formula is C22H24N6O. The number of aryl methyl sites for hydroxylation is 3. The zero-order valence-electron chi connectivity index (χ0n) is 17.0. The second kappa shape index (κ2) is 8.02. The van der Waals surface area contributed by atoms with Gasteiger partial charge in [-0.1, -0.05) is 35.0 Å². The van der Waals surface area contributed by atoms with Crippen LogP contribution < -0.4 is 4.90 Å². The van der Waals surface area contributed by atoms with Crippen molar-refractivity contribution in [3.63, 3.8) is 0 Å². The average Bonchev–Trinajstić information content (AvgIpc) is 3.17. The van der Waals surface area contributed by atoms with Crippen LogP contribution >= 0.6 is 0 Å². The lowest BCUT2D eigenvalue weighted by molar-refractivity contribution is 0.215. The van der Waals surface area contributed by atoms with Crippen molar-refractivity contribution in [3.8, 4) is 17.5 Å². The Labute approximate surface area is 170 Å². The SMILES string of the molecule is Cc1ccc(-c2noc(CN3CCN(c4nc(C)cc(C)c4C#N)CC3)n2)cc1. The fourth-order valence-electron chi connectivity index (χ4n) is 3.63. The third-order valence-electron chi connectivity index (χ3n) is 5.25. The number of benzene rings is 1. The molecule has 0 aliphatic carbocycles. The van der Waals surface area contributed by atoms with Crippen molar-refractivity contribution in [1.82, 2.24) is 20.0 Å². The molecule has 1 saturated heterocycles. The largest absolute Gasteiger partial charge is 0.353 e. The quantitative estimate of drug-likeness (QED) is 0.678. The van der Waals surface area contributed by atoms with Crippen molar-refractivity contribution in [2.75, 3.05) is 31.1 Å². The van der Waals surface area contributed by atoms with Gasteiger partial charge in [0.2, 0.25) is 11.7 Å². The number of anilines is 1. The lowest BCUT2D eigenvalue weighted by atomic mass is 10.1. The molecule has 0 unspecified atom stereocenters. The minimum Gasteiger partial charge on any atom is -0.353 e. The summed E-state index contributed by atoms with van der Waals surface area (Å²) in [6.07, 6.45) is 0. The van der Waals surface area contributed by atoms with Crippen molar-refractivity contribution in [2.45, 2.75) is 27.3 Å². The number of hydrogen-bond donors (Lipinski definition) is 0. The number of hydrogen-bond acceptors (Lipinski definition) is 7. The van der Waals surface area contributed by atoms with Crippen LogP contribution in [0.2, 0.25) is 0 Å². The fourth-order valence-corrected chi connectivity index (χ4v) is 3.63. The highest BCUT2D eigenvalue weighted by molar-refractivity contribution is 5.58. The maximum atomic E-state index is 9.52. The number of nitriles is 1. The highest BCUT2D eigenvalue weighted by atomic mass is 16.5. The van der Waals surface area contributed by atoms with E-state index in [9.17, 15) is 5.26 Å². The van der Waals surface area contributed by atoms with Crippen LogP contribution in [-0.2, 0) is 6.54 Å². The molecule has 4 rings (SSSR count). The average molecular weight is 388 g/mol. The van der Waals surface area contributed by atoms with E-state index in [2.05, 4.69) is 37.9 Å². The van der Waals surface area contributed by atoms with Gasteiger partial charge in [0.05, 0.1) is 12.1 Å². The standard InChI is InChI=1S/C22H24N6O/c1-15-4-6-18(7-5-15)21-25-20(29-26-21)14-27-8-10-28(11-9-27)22-19(13-23)16(2)12-17(3)24-22/h4-7,12H,8-11,14H2,1-3H3. The molecule has 1 aromatic carbocycles. The number of aromatic nitrogens is 3. The molecule has 1 fully saturated rings. The second-order valence-electron chi connectivity index (χ2n) is 7.53. The zero-order valence-corrected chi connectivity index (χ0v) is 17.0. The van der Waals surface area contributed by atoms with E-state index >= 15 is 0 Å². The van der Waals surface area contributed by atoms with Crippen molar-refractivity contribution in [3.05, 3.63) is 58.6 Å². The Morgan fingerprint density at radius 1 is 1.03 bits per heavy atom. The van der Waals surface area contributed by atoms with Crippen molar-refractivity contribution < 1.29 is 4.52 Å². The number of nitrogens with zero attached hydrogens (tertiary/aromatic N) is 6. The van der Waals surface area contributed by atoms with E-state index in [4.69, 9.17) is 4.52 Å². The third-order valence-corrected chi connectivity index (χ3v) is 5.25. The van der Waals surface area contributed by atoms with E-state index < -0.39 is 0 Å². The molecule has 0 atom stereocenters. The lowest BCUT2D eigenvalue weighted by Gasteiger charge is -2.35. The molecule has 148 valence electrons. The van der Waals surface area contributed by atoms with Crippen molar-refractivity contribution in [2.24, 2.45) is 0 Å². The van der Waals surface area contributed by atoms with Crippen LogP contribution in [0.3, 0.4) is 0 Å². The first kappa shape index (κ1) is 19.1. The van der Waals surface area contributed by atoms with Gasteiger partial charge in [-0.05, 0) is 32.4 Å². The van der Waals surface area contributed by atoms with Gasteiger partial charge in [0.25, 0.3) is 0 Å². The van der Waals surface area contributed by atoms with Crippen molar-refractivity contribution in [1.29, 1.82) is 5.26 Å². The minimum atomic E-state index is 0.622. The Kier molecular flexibility index (Phi) is 5.28. The predicted molar refractivity (Wildman–Crippen MR) is 110 cm³/mol. The maximum absolute atomic E-state index is 9.52. The van der Waals surface area contributed by atoms with Crippen LogP contribution in [0.15, 0.2) is 34.9 Å². The van der Waals surface area contributed by atoms with Crippen LogP contribution in [0.5, 0.6) is 0 Å². The molecule has 0 amide bonds. The summed E-state index contributed by atoms with van der Waals surface area (Å²) in [5, 5.41) is 13.6. The first-order valence-electron chi connectivity index (χ1n) is 9.79. The Morgan fingerprint density at radius 2 is 1.76 bits per heavy atom. The summed E-state index contributed by atoms with van der Waals surface area (Å²) >= 11 is 0. The van der Waals surface area contributed by atoms with Crippen LogP contribution in [0.1, 0.15) is 28.3 Å². The van der Waals surface area contributed by atoms with Gasteiger partial charge >= 0.3 is 0 Å². The second-order valence-corrected chi connectivity index (χ2v) is 7.53. The molecule has 2 aromatic heterocycles. The summed E-state index contributed by atoms with van der Waals surface area (Å²) in [7, 11) is 0. The van der Waals surface area contributed by atoms with Crippen LogP contribution in [0.4, 0.5) is 5.82 Å². The zero-order chi connectivity index (χ0) is 20.4. The molecule has 0 bridgehead atoms. The molecule has 3 aromatic rings. The van der Waals surface area contributed by atoms with Crippen LogP contribution in [-0.4, -0.2) is 46.2 Å². The first-order valence-corrected chi connectivity index (χ1v) is 9.79. The van der Waals surface area contributed by atoms with Gasteiger partial charge in [-0.3, -0.25) is 4.90 Å². The topological polar surface area (TPSA) is 82.1 Å². The van der Waals surface area contributed by atoms with E-state index in [1.807, 2.05) is 44.2 Å². The number of pyridine rings is 1. The van der Waals surface area contributed by atoms with Gasteiger partial charge in [-0.2, -0.15) is 10.2 Å². The van der Waals surface area contributed by atoms with Gasteiger partial charge in [-0.25, -0.2) is 4.98 Å². The Morgan fingerprint density at radius 3 is 2.45 bits per heavy atom. The minimum absolute atomic E-state index is 0.622. The van der Waals surface area contributed by atoms with Gasteiger partial charge in [0, 0.05) is 37.4 Å². The predicted octanol–water partition coefficient (Wildman–Crippen LogP) is 3.25. The molecule has 7 nitrogen and oxygen atoms in total. The van der Waals surface area contributed by atoms with Gasteiger partial charge < -0.3 is 9.42 Å². The molecule has 0 radical (unpaired) electrons. The van der Waals surface area contributed by atoms with Crippen LogP contribution in [0, 0.1) is 32.1 Å². The third kappa shape index (κ3) is 4.13. The normalized spacial score (nSPS) is 14.8. The molecule has 1 aliphatic heterocycles. The highest BCUT2D eigenvalue weighted by Crippen LogP contribution is 2.23. The molecule has 0 spiro atoms. The molecule has 29 heavy (non-hydrogen) atoms. The summed E-state index contributed by atoms with van der Waals surface area (Å²) in [6, 6.07) is 12.4. The van der Waals surface area contributed by atoms with Crippen molar-refractivity contribution >= 4 is 5.82 Å². The number of piperazine rings is 1. The fraction of sp³-hybridized carbons (Fsp3) is 0.364. The molecule has 1 aliphatic rings. The maximum Gasteiger partial charge on any atom is 0.241 e. The monoisotopic (exact) mass is 388 g/mol. The van der Waals surface area contributed by atoms with Crippen LogP contribution in [0.25, 0.3) is 11.4 Å². The van der Waals surface area contributed by atoms with Gasteiger partial charge in [0.15, 0.2) is 0 Å². The molecule has 0 N–H and O–H groups in total. The van der Waals surface area contributed by atoms with Gasteiger partial charge in [0.1, 0.15) is 11.9 Å². The highest BCUT2D eigenvalue weighted by Gasteiger charge is 2.23. The molecular weight excluding hydrogens is 364 g/mol. The number of rotatable bonds is 4. The lowest BCUT2D eigenvalue weighted by Crippen LogP contribution is -2.46. The van der Waals surface area contributed by atoms with E-state index in [1.165, 1.54) is 5.56 Å². The molecule has 3 heterocycles. The summed E-state index contributed by atoms with van der Waals surface area (Å²) in [6.45, 7) is 9.93. The Hall–Kier alpha value is -3.24. The molecule has 7 heteroatoms. The summed E-state index contributed by atoms with van der Waals surface area (Å²) in [5.74, 6) is 2.04. The Balaban J connectivity index is 1.40. The summed E-state index contributed by atoms with van der Waals surface area (Å²) < 4.78 is 5.46. The van der Waals surface area contributed by atoms with E-state index in [1.54, 1.807) is 0 Å². The summed E-state index contributed by atoms with van der Waals surface area (Å²) in [4.78, 5) is 13.7. The van der Waals surface area contributed by atoms with E-state index in [0.717, 1.165) is 48.8 Å². The Bertz CT molecular complexity index is 1040.